The van der Waals surface area contributed by atoms with Gasteiger partial charge in [0.05, 0.1) is 5.69 Å². The van der Waals surface area contributed by atoms with Gasteiger partial charge in [-0.15, -0.1) is 10.2 Å². The lowest BCUT2D eigenvalue weighted by Crippen LogP contribution is -2.48. The lowest BCUT2D eigenvalue weighted by Gasteiger charge is -2.39. The van der Waals surface area contributed by atoms with Crippen molar-refractivity contribution in [2.45, 2.75) is 24.8 Å². The maximum atomic E-state index is 13.0. The number of piperazine rings is 1. The maximum Gasteiger partial charge on any atom is 0.274 e. The molecule has 1 spiro atoms. The van der Waals surface area contributed by atoms with Gasteiger partial charge in [0, 0.05) is 57.4 Å². The van der Waals surface area contributed by atoms with E-state index in [9.17, 15) is 4.79 Å². The molecule has 2 aromatic heterocycles. The first kappa shape index (κ1) is 21.9. The molecular weight excluding hydrogens is 436 g/mol. The molecule has 1 aromatic carbocycles. The highest BCUT2D eigenvalue weighted by atomic mass is 16.2. The van der Waals surface area contributed by atoms with Gasteiger partial charge in [-0.1, -0.05) is 42.5 Å². The minimum atomic E-state index is -0.0353. The Morgan fingerprint density at radius 3 is 2.40 bits per heavy atom. The lowest BCUT2D eigenvalue weighted by atomic mass is 9.74. The highest BCUT2D eigenvalue weighted by Crippen LogP contribution is 2.44. The average molecular weight is 467 g/mol. The molecule has 0 unspecified atom stereocenters. The van der Waals surface area contributed by atoms with Gasteiger partial charge in [0.25, 0.3) is 5.91 Å². The van der Waals surface area contributed by atoms with Crippen LogP contribution in [0.15, 0.2) is 66.9 Å². The molecule has 1 amide bonds. The van der Waals surface area contributed by atoms with E-state index < -0.39 is 0 Å². The monoisotopic (exact) mass is 466 g/mol. The highest BCUT2D eigenvalue weighted by molar-refractivity contribution is 5.92. The van der Waals surface area contributed by atoms with Crippen molar-refractivity contribution in [2.75, 3.05) is 44.2 Å². The Labute approximate surface area is 206 Å². The Balaban J connectivity index is 1.04. The van der Waals surface area contributed by atoms with E-state index in [4.69, 9.17) is 0 Å². The topological polar surface area (TPSA) is 65.5 Å². The SMILES string of the molecule is O=C(c1ccc(N2CCC3(C=Cc4ccccc43)CC2)nn1)N1CCN(Cc2ccccn2)CC1. The van der Waals surface area contributed by atoms with Gasteiger partial charge in [0.1, 0.15) is 0 Å². The molecule has 0 saturated carbocycles. The second-order valence-electron chi connectivity index (χ2n) is 9.73. The summed E-state index contributed by atoms with van der Waals surface area (Å²) < 4.78 is 0. The lowest BCUT2D eigenvalue weighted by molar-refractivity contribution is 0.0620. The number of hydrogen-bond donors (Lipinski definition) is 0. The zero-order valence-electron chi connectivity index (χ0n) is 19.9. The highest BCUT2D eigenvalue weighted by Gasteiger charge is 2.38. The van der Waals surface area contributed by atoms with Gasteiger partial charge in [0.2, 0.25) is 0 Å². The van der Waals surface area contributed by atoms with Crippen LogP contribution in [-0.2, 0) is 12.0 Å². The van der Waals surface area contributed by atoms with Crippen LogP contribution in [0.25, 0.3) is 6.08 Å². The fourth-order valence-electron chi connectivity index (χ4n) is 5.61. The number of rotatable bonds is 4. The molecule has 2 saturated heterocycles. The maximum absolute atomic E-state index is 13.0. The summed E-state index contributed by atoms with van der Waals surface area (Å²) in [6.07, 6.45) is 8.60. The van der Waals surface area contributed by atoms with Crippen molar-refractivity contribution in [1.82, 2.24) is 25.0 Å². The number of pyridine rings is 1. The summed E-state index contributed by atoms with van der Waals surface area (Å²) >= 11 is 0. The number of anilines is 1. The quantitative estimate of drug-likeness (QED) is 0.587. The molecular formula is C28H30N6O. The van der Waals surface area contributed by atoms with E-state index in [2.05, 4.69) is 61.4 Å². The summed E-state index contributed by atoms with van der Waals surface area (Å²) in [7, 11) is 0. The molecule has 1 aliphatic carbocycles. The number of amides is 1. The van der Waals surface area contributed by atoms with Crippen molar-refractivity contribution >= 4 is 17.8 Å². The zero-order valence-corrected chi connectivity index (χ0v) is 19.9. The van der Waals surface area contributed by atoms with Crippen molar-refractivity contribution < 1.29 is 4.79 Å². The van der Waals surface area contributed by atoms with E-state index in [1.807, 2.05) is 41.4 Å². The second-order valence-corrected chi connectivity index (χ2v) is 9.73. The zero-order chi connectivity index (χ0) is 23.7. The first-order valence-electron chi connectivity index (χ1n) is 12.5. The number of fused-ring (bicyclic) bond motifs is 2. The van der Waals surface area contributed by atoms with Crippen LogP contribution in [0, 0.1) is 0 Å². The molecule has 3 aliphatic rings. The first-order chi connectivity index (χ1) is 17.2. The van der Waals surface area contributed by atoms with E-state index in [1.54, 1.807) is 0 Å². The van der Waals surface area contributed by atoms with Crippen LogP contribution in [0.1, 0.15) is 40.2 Å². The number of benzene rings is 1. The van der Waals surface area contributed by atoms with Crippen molar-refractivity contribution in [2.24, 2.45) is 0 Å². The summed E-state index contributed by atoms with van der Waals surface area (Å²) in [5.41, 5.74) is 4.43. The predicted molar refractivity (Wildman–Crippen MR) is 136 cm³/mol. The van der Waals surface area contributed by atoms with E-state index >= 15 is 0 Å². The van der Waals surface area contributed by atoms with Gasteiger partial charge in [-0.05, 0) is 48.2 Å². The molecule has 3 aromatic rings. The largest absolute Gasteiger partial charge is 0.355 e. The van der Waals surface area contributed by atoms with Crippen molar-refractivity contribution in [3.8, 4) is 0 Å². The smallest absolute Gasteiger partial charge is 0.274 e. The van der Waals surface area contributed by atoms with Crippen LogP contribution in [0.3, 0.4) is 0 Å². The Hall–Kier alpha value is -3.58. The first-order valence-corrected chi connectivity index (χ1v) is 12.5. The Morgan fingerprint density at radius 1 is 0.857 bits per heavy atom. The number of hydrogen-bond acceptors (Lipinski definition) is 6. The third-order valence-electron chi connectivity index (χ3n) is 7.70. The number of piperidine rings is 1. The Morgan fingerprint density at radius 2 is 1.66 bits per heavy atom. The van der Waals surface area contributed by atoms with Gasteiger partial charge in [-0.2, -0.15) is 0 Å². The van der Waals surface area contributed by atoms with E-state index in [1.165, 1.54) is 11.1 Å². The third-order valence-corrected chi connectivity index (χ3v) is 7.70. The number of carbonyl (C=O) groups excluding carboxylic acids is 1. The molecule has 6 rings (SSSR count). The number of allylic oxidation sites excluding steroid dienone is 1. The predicted octanol–water partition coefficient (Wildman–Crippen LogP) is 3.39. The molecule has 4 heterocycles. The minimum absolute atomic E-state index is 0.0353. The molecule has 7 nitrogen and oxygen atoms in total. The molecule has 0 radical (unpaired) electrons. The summed E-state index contributed by atoms with van der Waals surface area (Å²) in [6.45, 7) is 5.73. The van der Waals surface area contributed by atoms with Crippen molar-refractivity contribution in [1.29, 1.82) is 0 Å². The molecule has 2 fully saturated rings. The molecule has 0 bridgehead atoms. The van der Waals surface area contributed by atoms with Crippen LogP contribution in [0.2, 0.25) is 0 Å². The van der Waals surface area contributed by atoms with Gasteiger partial charge < -0.3 is 9.80 Å². The molecule has 2 aliphatic heterocycles. The fourth-order valence-corrected chi connectivity index (χ4v) is 5.61. The molecule has 7 heteroatoms. The number of carbonyl (C=O) groups is 1. The third kappa shape index (κ3) is 4.32. The summed E-state index contributed by atoms with van der Waals surface area (Å²) in [5, 5.41) is 8.76. The number of nitrogens with zero attached hydrogens (tertiary/aromatic N) is 6. The normalized spacial score (nSPS) is 19.2. The molecule has 178 valence electrons. The van der Waals surface area contributed by atoms with Crippen molar-refractivity contribution in [3.05, 3.63) is 89.4 Å². The minimum Gasteiger partial charge on any atom is -0.355 e. The van der Waals surface area contributed by atoms with Gasteiger partial charge in [0.15, 0.2) is 11.5 Å². The number of aromatic nitrogens is 3. The van der Waals surface area contributed by atoms with E-state index in [0.29, 0.717) is 18.8 Å². The van der Waals surface area contributed by atoms with Gasteiger partial charge >= 0.3 is 0 Å². The fraction of sp³-hybridized carbons (Fsp3) is 0.357. The van der Waals surface area contributed by atoms with E-state index in [-0.39, 0.29) is 11.3 Å². The second kappa shape index (κ2) is 9.23. The molecule has 0 atom stereocenters. The standard InChI is InChI=1S/C28H30N6O/c35-27(34-19-17-32(18-20-34)21-23-6-3-4-14-29-23)25-8-9-26(31-30-25)33-15-12-28(13-16-33)11-10-22-5-1-2-7-24(22)28/h1-11,14H,12-13,15-21H2. The van der Waals surface area contributed by atoms with Gasteiger partial charge in [-0.25, -0.2) is 0 Å². The van der Waals surface area contributed by atoms with Crippen LogP contribution in [-0.4, -0.2) is 70.2 Å². The van der Waals surface area contributed by atoms with Crippen molar-refractivity contribution in [3.63, 3.8) is 0 Å². The van der Waals surface area contributed by atoms with Gasteiger partial charge in [-0.3, -0.25) is 14.7 Å². The van der Waals surface area contributed by atoms with E-state index in [0.717, 1.165) is 57.1 Å². The van der Waals surface area contributed by atoms with Crippen LogP contribution >= 0.6 is 0 Å². The van der Waals surface area contributed by atoms with Crippen LogP contribution < -0.4 is 4.90 Å². The molecule has 35 heavy (non-hydrogen) atoms. The summed E-state index contributed by atoms with van der Waals surface area (Å²) in [6, 6.07) is 18.5. The Bertz CT molecular complexity index is 1210. The summed E-state index contributed by atoms with van der Waals surface area (Å²) in [4.78, 5) is 23.9. The van der Waals surface area contributed by atoms with Crippen LogP contribution in [0.5, 0.6) is 0 Å². The van der Waals surface area contributed by atoms with Crippen LogP contribution in [0.4, 0.5) is 5.82 Å². The Kier molecular flexibility index (Phi) is 5.78. The average Bonchev–Trinajstić information content (AvgIpc) is 3.28. The molecule has 0 N–H and O–H groups in total. The summed E-state index contributed by atoms with van der Waals surface area (Å²) in [5.74, 6) is 0.818.